The van der Waals surface area contributed by atoms with E-state index in [0.29, 0.717) is 6.42 Å². The number of hydrogen-bond acceptors (Lipinski definition) is 5. The van der Waals surface area contributed by atoms with Crippen LogP contribution in [0.2, 0.25) is 0 Å². The fourth-order valence-electron chi connectivity index (χ4n) is 2.93. The first kappa shape index (κ1) is 18.2. The minimum Gasteiger partial charge on any atom is -0.442 e. The summed E-state index contributed by atoms with van der Waals surface area (Å²) in [6.07, 6.45) is 6.01. The van der Waals surface area contributed by atoms with Crippen LogP contribution in [0.3, 0.4) is 0 Å². The van der Waals surface area contributed by atoms with Crippen molar-refractivity contribution < 1.29 is 18.8 Å². The molecule has 2 aliphatic heterocycles. The molecule has 1 saturated heterocycles. The van der Waals surface area contributed by atoms with Gasteiger partial charge >= 0.3 is 13.2 Å². The van der Waals surface area contributed by atoms with Crippen LogP contribution in [0, 0.1) is 0 Å². The fraction of sp³-hybridized carbons (Fsp3) is 0.667. The standard InChI is InChI=1S/C18H27BN2O4/c1-16(2,3)23-15(22)21-14-9-8-13(10-12(14)11-20-21)19-24-17(4,5)18(6,7)25-19/h8,10-11,14H,9H2,1-7H3. The second-order valence-corrected chi connectivity index (χ2v) is 8.76. The second-order valence-electron chi connectivity index (χ2n) is 8.76. The maximum absolute atomic E-state index is 12.3. The summed E-state index contributed by atoms with van der Waals surface area (Å²) >= 11 is 0. The van der Waals surface area contributed by atoms with Crippen molar-refractivity contribution in [1.29, 1.82) is 0 Å². The number of ether oxygens (including phenoxy) is 1. The predicted octanol–water partition coefficient (Wildman–Crippen LogP) is 3.48. The van der Waals surface area contributed by atoms with Crippen LogP contribution in [0.25, 0.3) is 0 Å². The molecule has 0 bridgehead atoms. The van der Waals surface area contributed by atoms with E-state index in [-0.39, 0.29) is 17.2 Å². The molecule has 1 aliphatic carbocycles. The van der Waals surface area contributed by atoms with E-state index >= 15 is 0 Å². The molecule has 0 saturated carbocycles. The third kappa shape index (κ3) is 3.40. The molecule has 0 radical (unpaired) electrons. The molecular weight excluding hydrogens is 319 g/mol. The average Bonchev–Trinajstić information content (AvgIpc) is 2.95. The van der Waals surface area contributed by atoms with Gasteiger partial charge < -0.3 is 14.0 Å². The van der Waals surface area contributed by atoms with Gasteiger partial charge in [-0.05, 0) is 65.9 Å². The van der Waals surface area contributed by atoms with Gasteiger partial charge in [-0.3, -0.25) is 0 Å². The molecule has 0 spiro atoms. The van der Waals surface area contributed by atoms with E-state index < -0.39 is 18.8 Å². The Bertz CT molecular complexity index is 657. The van der Waals surface area contributed by atoms with Crippen LogP contribution in [-0.2, 0) is 14.0 Å². The number of hydrazone groups is 1. The van der Waals surface area contributed by atoms with Gasteiger partial charge in [-0.15, -0.1) is 0 Å². The Labute approximate surface area is 150 Å². The van der Waals surface area contributed by atoms with E-state index in [0.717, 1.165) is 11.0 Å². The van der Waals surface area contributed by atoms with Crippen molar-refractivity contribution in [3.63, 3.8) is 0 Å². The summed E-state index contributed by atoms with van der Waals surface area (Å²) in [6.45, 7) is 13.7. The normalized spacial score (nSPS) is 27.1. The molecule has 6 nitrogen and oxygen atoms in total. The average molecular weight is 346 g/mol. The SMILES string of the molecule is CC(C)(C)OC(=O)N1N=CC2=CC(B3OC(C)(C)C(C)(C)O3)=CCC21. The molecule has 3 aliphatic rings. The van der Waals surface area contributed by atoms with Crippen LogP contribution in [0.15, 0.2) is 28.3 Å². The Morgan fingerprint density at radius 2 is 1.88 bits per heavy atom. The van der Waals surface area contributed by atoms with E-state index in [2.05, 4.69) is 11.2 Å². The predicted molar refractivity (Wildman–Crippen MR) is 97.2 cm³/mol. The molecule has 0 N–H and O–H groups in total. The lowest BCUT2D eigenvalue weighted by atomic mass is 9.73. The minimum atomic E-state index is -0.544. The number of hydrogen-bond donors (Lipinski definition) is 0. The highest BCUT2D eigenvalue weighted by atomic mass is 16.7. The molecule has 0 aromatic carbocycles. The maximum atomic E-state index is 12.3. The van der Waals surface area contributed by atoms with Gasteiger partial charge in [0.15, 0.2) is 0 Å². The molecule has 1 amide bonds. The van der Waals surface area contributed by atoms with Gasteiger partial charge in [0.1, 0.15) is 5.60 Å². The van der Waals surface area contributed by atoms with Crippen molar-refractivity contribution in [2.75, 3.05) is 0 Å². The highest BCUT2D eigenvalue weighted by Gasteiger charge is 2.52. The number of nitrogens with zero attached hydrogens (tertiary/aromatic N) is 2. The molecule has 1 atom stereocenters. The molecule has 0 aromatic heterocycles. The fourth-order valence-corrected chi connectivity index (χ4v) is 2.93. The number of allylic oxidation sites excluding steroid dienone is 2. The van der Waals surface area contributed by atoms with Gasteiger partial charge in [-0.2, -0.15) is 10.1 Å². The van der Waals surface area contributed by atoms with Gasteiger partial charge in [0.2, 0.25) is 0 Å². The van der Waals surface area contributed by atoms with Crippen molar-refractivity contribution in [3.05, 3.63) is 23.2 Å². The summed E-state index contributed by atoms with van der Waals surface area (Å²) < 4.78 is 17.6. The maximum Gasteiger partial charge on any atom is 0.494 e. The highest BCUT2D eigenvalue weighted by molar-refractivity contribution is 6.55. The first-order valence-electron chi connectivity index (χ1n) is 8.73. The summed E-state index contributed by atoms with van der Waals surface area (Å²) in [4.78, 5) is 12.3. The van der Waals surface area contributed by atoms with Crippen LogP contribution < -0.4 is 0 Å². The summed E-state index contributed by atoms with van der Waals surface area (Å²) in [5, 5.41) is 5.64. The van der Waals surface area contributed by atoms with E-state index in [1.807, 2.05) is 54.5 Å². The van der Waals surface area contributed by atoms with Crippen LogP contribution in [0.1, 0.15) is 54.9 Å². The number of rotatable bonds is 1. The molecule has 25 heavy (non-hydrogen) atoms. The van der Waals surface area contributed by atoms with Crippen molar-refractivity contribution in [2.45, 2.75) is 77.7 Å². The Balaban J connectivity index is 1.72. The number of amides is 1. The van der Waals surface area contributed by atoms with Crippen LogP contribution >= 0.6 is 0 Å². The third-order valence-corrected chi connectivity index (χ3v) is 5.03. The summed E-state index contributed by atoms with van der Waals surface area (Å²) in [5.41, 5.74) is 0.651. The Morgan fingerprint density at radius 3 is 2.44 bits per heavy atom. The van der Waals surface area contributed by atoms with Gasteiger partial charge in [-0.25, -0.2) is 4.79 Å². The van der Waals surface area contributed by atoms with Crippen LogP contribution in [-0.4, -0.2) is 47.3 Å². The van der Waals surface area contributed by atoms with Crippen molar-refractivity contribution in [2.24, 2.45) is 5.10 Å². The minimum absolute atomic E-state index is 0.124. The van der Waals surface area contributed by atoms with E-state index in [1.165, 1.54) is 5.01 Å². The monoisotopic (exact) mass is 346 g/mol. The zero-order valence-electron chi connectivity index (χ0n) is 16.1. The molecular formula is C18H27BN2O4. The first-order chi connectivity index (χ1) is 11.4. The molecule has 2 heterocycles. The van der Waals surface area contributed by atoms with Crippen LogP contribution in [0.5, 0.6) is 0 Å². The lowest BCUT2D eigenvalue weighted by molar-refractivity contribution is 0.00578. The van der Waals surface area contributed by atoms with Gasteiger partial charge in [0, 0.05) is 0 Å². The molecule has 1 fully saturated rings. The van der Waals surface area contributed by atoms with Crippen molar-refractivity contribution in [1.82, 2.24) is 5.01 Å². The van der Waals surface area contributed by atoms with Gasteiger partial charge in [0.25, 0.3) is 0 Å². The number of fused-ring (bicyclic) bond motifs is 1. The van der Waals surface area contributed by atoms with Crippen molar-refractivity contribution in [3.8, 4) is 0 Å². The van der Waals surface area contributed by atoms with Crippen LogP contribution in [0.4, 0.5) is 4.79 Å². The zero-order chi connectivity index (χ0) is 18.6. The van der Waals surface area contributed by atoms with Gasteiger partial charge in [0.05, 0.1) is 23.5 Å². The molecule has 136 valence electrons. The lowest BCUT2D eigenvalue weighted by Gasteiger charge is -2.32. The summed E-state index contributed by atoms with van der Waals surface area (Å²) in [5.74, 6) is 0. The topological polar surface area (TPSA) is 60.4 Å². The quantitative estimate of drug-likeness (QED) is 0.682. The van der Waals surface area contributed by atoms with Crippen molar-refractivity contribution >= 4 is 19.4 Å². The summed E-state index contributed by atoms with van der Waals surface area (Å²) in [6, 6.07) is -0.124. The molecule has 0 aromatic rings. The van der Waals surface area contributed by atoms with E-state index in [1.54, 1.807) is 6.21 Å². The molecule has 1 unspecified atom stereocenters. The number of carbonyl (C=O) groups excluding carboxylic acids is 1. The Kier molecular flexibility index (Phi) is 4.16. The summed E-state index contributed by atoms with van der Waals surface area (Å²) in [7, 11) is -0.401. The molecule has 7 heteroatoms. The van der Waals surface area contributed by atoms with E-state index in [9.17, 15) is 4.79 Å². The lowest BCUT2D eigenvalue weighted by Crippen LogP contribution is -2.41. The highest BCUT2D eigenvalue weighted by Crippen LogP contribution is 2.40. The zero-order valence-corrected chi connectivity index (χ0v) is 16.1. The first-order valence-corrected chi connectivity index (χ1v) is 8.73. The molecule has 3 rings (SSSR count). The third-order valence-electron chi connectivity index (χ3n) is 5.03. The smallest absolute Gasteiger partial charge is 0.442 e. The Morgan fingerprint density at radius 1 is 1.28 bits per heavy atom. The second kappa shape index (κ2) is 5.71. The Hall–Kier alpha value is -1.60. The van der Waals surface area contributed by atoms with Gasteiger partial charge in [-0.1, -0.05) is 12.2 Å². The van der Waals surface area contributed by atoms with E-state index in [4.69, 9.17) is 14.0 Å². The largest absolute Gasteiger partial charge is 0.494 e. The number of carbonyl (C=O) groups is 1.